The molecule has 0 saturated carbocycles. The van der Waals surface area contributed by atoms with Gasteiger partial charge in [0.05, 0.1) is 6.54 Å². The van der Waals surface area contributed by atoms with Gasteiger partial charge in [-0.15, -0.1) is 11.3 Å². The van der Waals surface area contributed by atoms with Crippen LogP contribution in [0.1, 0.15) is 32.1 Å². The van der Waals surface area contributed by atoms with Crippen molar-refractivity contribution in [3.05, 3.63) is 11.1 Å². The van der Waals surface area contributed by atoms with Crippen LogP contribution >= 0.6 is 11.3 Å². The first-order chi connectivity index (χ1) is 7.86. The maximum atomic E-state index is 11.9. The van der Waals surface area contributed by atoms with Gasteiger partial charge in [0.15, 0.2) is 5.13 Å². The van der Waals surface area contributed by atoms with Gasteiger partial charge in [0.25, 0.3) is 0 Å². The number of carbonyl (C=O) groups is 1. The summed E-state index contributed by atoms with van der Waals surface area (Å²) in [6.45, 7) is 8.08. The molecule has 1 aliphatic heterocycles. The lowest BCUT2D eigenvalue weighted by Crippen LogP contribution is -2.27. The second-order valence-electron chi connectivity index (χ2n) is 5.71. The van der Waals surface area contributed by atoms with Crippen molar-refractivity contribution < 1.29 is 4.79 Å². The molecule has 0 spiro atoms. The van der Waals surface area contributed by atoms with Crippen LogP contribution in [0.2, 0.25) is 0 Å². The average Bonchev–Trinajstić information content (AvgIpc) is 2.74. The Hall–Kier alpha value is -1.10. The largest absolute Gasteiger partial charge is 0.375 e. The van der Waals surface area contributed by atoms with Crippen LogP contribution in [-0.2, 0) is 11.3 Å². The number of nitrogens with zero attached hydrogens (tertiary/aromatic N) is 2. The van der Waals surface area contributed by atoms with Gasteiger partial charge in [-0.25, -0.2) is 4.98 Å². The minimum Gasteiger partial charge on any atom is -0.375 e. The van der Waals surface area contributed by atoms with Crippen molar-refractivity contribution in [1.82, 2.24) is 9.88 Å². The van der Waals surface area contributed by atoms with Crippen LogP contribution in [0.4, 0.5) is 5.13 Å². The molecule has 0 radical (unpaired) electrons. The zero-order valence-electron chi connectivity index (χ0n) is 10.6. The van der Waals surface area contributed by atoms with Crippen LogP contribution in [-0.4, -0.2) is 22.3 Å². The van der Waals surface area contributed by atoms with Crippen LogP contribution in [0.25, 0.3) is 0 Å². The van der Waals surface area contributed by atoms with E-state index < -0.39 is 0 Å². The first-order valence-electron chi connectivity index (χ1n) is 5.84. The summed E-state index contributed by atoms with van der Waals surface area (Å²) in [6, 6.07) is 0. The number of hydrogen-bond donors (Lipinski definition) is 1. The maximum absolute atomic E-state index is 11.9. The maximum Gasteiger partial charge on any atom is 0.223 e. The molecule has 17 heavy (non-hydrogen) atoms. The molecule has 94 valence electrons. The molecule has 1 aromatic rings. The fraction of sp³-hybridized carbons (Fsp3) is 0.667. The molecule has 2 N–H and O–H groups in total. The van der Waals surface area contributed by atoms with E-state index in [1.807, 2.05) is 4.90 Å². The van der Waals surface area contributed by atoms with E-state index >= 15 is 0 Å². The molecule has 1 atom stereocenters. The van der Waals surface area contributed by atoms with Crippen LogP contribution in [0.15, 0.2) is 6.20 Å². The molecule has 1 aromatic heterocycles. The Balaban J connectivity index is 2.02. The van der Waals surface area contributed by atoms with Crippen molar-refractivity contribution in [3.63, 3.8) is 0 Å². The number of nitrogens with two attached hydrogens (primary N) is 1. The summed E-state index contributed by atoms with van der Waals surface area (Å²) in [7, 11) is 0. The minimum absolute atomic E-state index is 0.192. The van der Waals surface area contributed by atoms with Gasteiger partial charge in [-0.05, 0) is 11.3 Å². The van der Waals surface area contributed by atoms with E-state index in [0.717, 1.165) is 11.4 Å². The third-order valence-electron chi connectivity index (χ3n) is 3.36. The van der Waals surface area contributed by atoms with Crippen molar-refractivity contribution in [2.45, 2.75) is 33.7 Å². The third-order valence-corrected chi connectivity index (χ3v) is 4.17. The topological polar surface area (TPSA) is 59.2 Å². The lowest BCUT2D eigenvalue weighted by molar-refractivity contribution is -0.128. The van der Waals surface area contributed by atoms with Gasteiger partial charge in [0, 0.05) is 24.0 Å². The quantitative estimate of drug-likeness (QED) is 0.878. The standard InChI is InChI=1S/C12H19N3OS/c1-12(2,3)8-4-10(16)15(6-8)7-9-5-14-11(13)17-9/h5,8H,4,6-7H2,1-3H3,(H2,13,14). The normalized spacial score (nSPS) is 21.2. The predicted molar refractivity (Wildman–Crippen MR) is 69.5 cm³/mol. The number of amides is 1. The number of carbonyl (C=O) groups excluding carboxylic acids is 1. The van der Waals surface area contributed by atoms with Gasteiger partial charge in [-0.3, -0.25) is 4.79 Å². The van der Waals surface area contributed by atoms with Gasteiger partial charge in [-0.1, -0.05) is 20.8 Å². The van der Waals surface area contributed by atoms with E-state index in [2.05, 4.69) is 25.8 Å². The molecular formula is C12H19N3OS. The summed E-state index contributed by atoms with van der Waals surface area (Å²) >= 11 is 1.46. The number of thiazole rings is 1. The average molecular weight is 253 g/mol. The summed E-state index contributed by atoms with van der Waals surface area (Å²) in [5, 5.41) is 0.569. The first-order valence-corrected chi connectivity index (χ1v) is 6.66. The summed E-state index contributed by atoms with van der Waals surface area (Å²) < 4.78 is 0. The zero-order chi connectivity index (χ0) is 12.6. The van der Waals surface area contributed by atoms with E-state index in [4.69, 9.17) is 5.73 Å². The Morgan fingerprint density at radius 3 is 2.76 bits per heavy atom. The highest BCUT2D eigenvalue weighted by Crippen LogP contribution is 2.35. The summed E-state index contributed by atoms with van der Waals surface area (Å²) in [6.07, 6.45) is 2.43. The highest BCUT2D eigenvalue weighted by atomic mass is 32.1. The highest BCUT2D eigenvalue weighted by Gasteiger charge is 2.36. The molecule has 0 aliphatic carbocycles. The van der Waals surface area contributed by atoms with Crippen LogP contribution in [0, 0.1) is 11.3 Å². The Morgan fingerprint density at radius 1 is 1.59 bits per heavy atom. The van der Waals surface area contributed by atoms with Gasteiger partial charge in [0.2, 0.25) is 5.91 Å². The fourth-order valence-corrected chi connectivity index (χ4v) is 2.79. The van der Waals surface area contributed by atoms with Crippen molar-refractivity contribution in [3.8, 4) is 0 Å². The van der Waals surface area contributed by atoms with Crippen molar-refractivity contribution in [1.29, 1.82) is 0 Å². The Kier molecular flexibility index (Phi) is 3.12. The minimum atomic E-state index is 0.192. The van der Waals surface area contributed by atoms with Crippen molar-refractivity contribution in [2.75, 3.05) is 12.3 Å². The molecular weight excluding hydrogens is 234 g/mol. The van der Waals surface area contributed by atoms with Gasteiger partial charge >= 0.3 is 0 Å². The van der Waals surface area contributed by atoms with Crippen LogP contribution < -0.4 is 5.73 Å². The van der Waals surface area contributed by atoms with E-state index in [1.54, 1.807) is 6.20 Å². The number of anilines is 1. The number of likely N-dealkylation sites (tertiary alicyclic amines) is 1. The van der Waals surface area contributed by atoms with Crippen molar-refractivity contribution in [2.24, 2.45) is 11.3 Å². The molecule has 0 bridgehead atoms. The zero-order valence-corrected chi connectivity index (χ0v) is 11.4. The Morgan fingerprint density at radius 2 is 2.29 bits per heavy atom. The van der Waals surface area contributed by atoms with Gasteiger partial charge in [0.1, 0.15) is 0 Å². The highest BCUT2D eigenvalue weighted by molar-refractivity contribution is 7.15. The van der Waals surface area contributed by atoms with E-state index in [0.29, 0.717) is 24.0 Å². The third kappa shape index (κ3) is 2.77. The van der Waals surface area contributed by atoms with E-state index in [-0.39, 0.29) is 11.3 Å². The lowest BCUT2D eigenvalue weighted by atomic mass is 9.80. The molecule has 0 aromatic carbocycles. The molecule has 4 nitrogen and oxygen atoms in total. The monoisotopic (exact) mass is 253 g/mol. The second kappa shape index (κ2) is 4.29. The summed E-state index contributed by atoms with van der Waals surface area (Å²) in [5.41, 5.74) is 5.78. The van der Waals surface area contributed by atoms with Gasteiger partial charge < -0.3 is 10.6 Å². The predicted octanol–water partition coefficient (Wildman–Crippen LogP) is 2.12. The molecule has 1 fully saturated rings. The number of hydrogen-bond acceptors (Lipinski definition) is 4. The molecule has 2 heterocycles. The SMILES string of the molecule is CC(C)(C)C1CC(=O)N(Cc2cnc(N)s2)C1. The van der Waals surface area contributed by atoms with Gasteiger partial charge in [-0.2, -0.15) is 0 Å². The van der Waals surface area contributed by atoms with E-state index in [9.17, 15) is 4.79 Å². The van der Waals surface area contributed by atoms with E-state index in [1.165, 1.54) is 11.3 Å². The lowest BCUT2D eigenvalue weighted by Gasteiger charge is -2.26. The Bertz CT molecular complexity index is 422. The number of aromatic nitrogens is 1. The molecule has 1 unspecified atom stereocenters. The van der Waals surface area contributed by atoms with Crippen molar-refractivity contribution >= 4 is 22.4 Å². The van der Waals surface area contributed by atoms with Crippen LogP contribution in [0.3, 0.4) is 0 Å². The molecule has 1 saturated heterocycles. The first kappa shape index (κ1) is 12.4. The summed E-state index contributed by atoms with van der Waals surface area (Å²) in [4.78, 5) is 18.9. The van der Waals surface area contributed by atoms with Crippen LogP contribution in [0.5, 0.6) is 0 Å². The number of nitrogen functional groups attached to an aromatic ring is 1. The smallest absolute Gasteiger partial charge is 0.223 e. The second-order valence-corrected chi connectivity index (χ2v) is 6.85. The molecule has 1 amide bonds. The number of rotatable bonds is 2. The molecule has 1 aliphatic rings. The molecule has 2 rings (SSSR count). The fourth-order valence-electron chi connectivity index (χ4n) is 2.09. The Labute approximate surface area is 106 Å². The summed E-state index contributed by atoms with van der Waals surface area (Å²) in [5.74, 6) is 0.692. The molecule has 5 heteroatoms.